The molecule has 1 aromatic rings. The lowest BCUT2D eigenvalue weighted by atomic mass is 9.62. The average molecular weight is 328 g/mol. The molecule has 0 aliphatic heterocycles. The van der Waals surface area contributed by atoms with Crippen LogP contribution in [-0.2, 0) is 25.8 Å². The predicted octanol–water partition coefficient (Wildman–Crippen LogP) is 4.77. The predicted molar refractivity (Wildman–Crippen MR) is 98.6 cm³/mol. The highest BCUT2D eigenvalue weighted by atomic mass is 16.5. The van der Waals surface area contributed by atoms with Gasteiger partial charge in [0.25, 0.3) is 0 Å². The molecule has 3 atom stereocenters. The number of ether oxygens (including phenoxy) is 1. The van der Waals surface area contributed by atoms with E-state index >= 15 is 0 Å². The maximum absolute atomic E-state index is 11.6. The van der Waals surface area contributed by atoms with E-state index in [0.717, 1.165) is 6.29 Å². The molecule has 0 N–H and O–H groups in total. The third-order valence-electron chi connectivity index (χ3n) is 6.91. The lowest BCUT2D eigenvalue weighted by Crippen LogP contribution is -2.34. The highest BCUT2D eigenvalue weighted by Gasteiger charge is 2.62. The molecule has 2 heteroatoms. The molecule has 132 valence electrons. The van der Waals surface area contributed by atoms with Crippen LogP contribution >= 0.6 is 0 Å². The van der Waals surface area contributed by atoms with Crippen molar-refractivity contribution in [1.82, 2.24) is 0 Å². The largest absolute Gasteiger partial charge is 0.381 e. The fraction of sp³-hybridized carbons (Fsp3) is 0.682. The van der Waals surface area contributed by atoms with E-state index in [9.17, 15) is 4.79 Å². The second-order valence-corrected chi connectivity index (χ2v) is 9.24. The van der Waals surface area contributed by atoms with Crippen molar-refractivity contribution in [3.05, 3.63) is 34.9 Å². The maximum Gasteiger partial charge on any atom is 0.124 e. The van der Waals surface area contributed by atoms with Gasteiger partial charge in [-0.1, -0.05) is 52.8 Å². The van der Waals surface area contributed by atoms with Crippen LogP contribution < -0.4 is 0 Å². The second kappa shape index (κ2) is 5.69. The molecule has 0 amide bonds. The van der Waals surface area contributed by atoms with Crippen LogP contribution in [0, 0.1) is 11.8 Å². The van der Waals surface area contributed by atoms with Crippen molar-refractivity contribution in [2.45, 2.75) is 70.6 Å². The van der Waals surface area contributed by atoms with Gasteiger partial charge in [0.1, 0.15) is 6.29 Å². The summed E-state index contributed by atoms with van der Waals surface area (Å²) in [6, 6.07) is 7.00. The summed E-state index contributed by atoms with van der Waals surface area (Å²) in [5, 5.41) is 0. The van der Waals surface area contributed by atoms with Crippen molar-refractivity contribution in [2.24, 2.45) is 11.8 Å². The van der Waals surface area contributed by atoms with E-state index in [0.29, 0.717) is 19.1 Å². The number of carbonyl (C=O) groups is 1. The van der Waals surface area contributed by atoms with E-state index in [4.69, 9.17) is 4.74 Å². The van der Waals surface area contributed by atoms with Crippen LogP contribution in [0.15, 0.2) is 18.2 Å². The lowest BCUT2D eigenvalue weighted by molar-refractivity contribution is -0.109. The molecule has 3 rings (SSSR count). The van der Waals surface area contributed by atoms with Crippen molar-refractivity contribution in [1.29, 1.82) is 0 Å². The Morgan fingerprint density at radius 3 is 2.29 bits per heavy atom. The molecule has 1 saturated carbocycles. The van der Waals surface area contributed by atoms with Crippen molar-refractivity contribution >= 4 is 6.29 Å². The standard InChI is InChI=1S/C22H32O2/c1-7-24-14-19-18(13-23)22(19,6)15-8-9-16-17(12-15)21(4,5)11-10-20(16,2)3/h8-9,12-13,18-19H,7,10-11,14H2,1-6H3/t18-,19-,22-/m1/s1. The molecule has 0 spiro atoms. The number of benzene rings is 1. The Kier molecular flexibility index (Phi) is 4.19. The van der Waals surface area contributed by atoms with Gasteiger partial charge in [0.2, 0.25) is 0 Å². The van der Waals surface area contributed by atoms with Crippen LogP contribution in [0.3, 0.4) is 0 Å². The molecule has 0 unspecified atom stereocenters. The van der Waals surface area contributed by atoms with Crippen molar-refractivity contribution in [2.75, 3.05) is 13.2 Å². The maximum atomic E-state index is 11.6. The number of hydrogen-bond acceptors (Lipinski definition) is 2. The van der Waals surface area contributed by atoms with Crippen LogP contribution in [0.25, 0.3) is 0 Å². The molecule has 0 bridgehead atoms. The summed E-state index contributed by atoms with van der Waals surface area (Å²) < 4.78 is 5.63. The van der Waals surface area contributed by atoms with Crippen LogP contribution in [0.1, 0.15) is 71.1 Å². The van der Waals surface area contributed by atoms with Crippen molar-refractivity contribution < 1.29 is 9.53 Å². The van der Waals surface area contributed by atoms with E-state index in [1.54, 1.807) is 0 Å². The number of aldehydes is 1. The lowest BCUT2D eigenvalue weighted by Gasteiger charge is -2.42. The van der Waals surface area contributed by atoms with Gasteiger partial charge in [0.15, 0.2) is 0 Å². The summed E-state index contributed by atoms with van der Waals surface area (Å²) in [6.45, 7) is 15.1. The molecule has 0 saturated heterocycles. The highest BCUT2D eigenvalue weighted by molar-refractivity contribution is 5.66. The van der Waals surface area contributed by atoms with Gasteiger partial charge in [0.05, 0.1) is 6.61 Å². The van der Waals surface area contributed by atoms with Gasteiger partial charge in [-0.25, -0.2) is 0 Å². The molecule has 0 radical (unpaired) electrons. The molecule has 2 aliphatic carbocycles. The summed E-state index contributed by atoms with van der Waals surface area (Å²) in [5.74, 6) is 0.398. The normalized spacial score (nSPS) is 32.9. The number of hydrogen-bond donors (Lipinski definition) is 0. The van der Waals surface area contributed by atoms with Gasteiger partial charge in [-0.2, -0.15) is 0 Å². The summed E-state index contributed by atoms with van der Waals surface area (Å²) in [6.07, 6.45) is 3.58. The van der Waals surface area contributed by atoms with Gasteiger partial charge in [-0.3, -0.25) is 0 Å². The first-order chi connectivity index (χ1) is 11.2. The van der Waals surface area contributed by atoms with Crippen molar-refractivity contribution in [3.63, 3.8) is 0 Å². The minimum Gasteiger partial charge on any atom is -0.381 e. The Morgan fingerprint density at radius 2 is 1.71 bits per heavy atom. The average Bonchev–Trinajstić information content (AvgIpc) is 3.14. The first kappa shape index (κ1) is 17.7. The van der Waals surface area contributed by atoms with Crippen molar-refractivity contribution in [3.8, 4) is 0 Å². The summed E-state index contributed by atoms with van der Waals surface area (Å²) >= 11 is 0. The fourth-order valence-corrected chi connectivity index (χ4v) is 4.73. The minimum atomic E-state index is -0.0659. The van der Waals surface area contributed by atoms with E-state index in [1.807, 2.05) is 6.92 Å². The topological polar surface area (TPSA) is 26.3 Å². The van der Waals surface area contributed by atoms with E-state index in [1.165, 1.54) is 29.5 Å². The Labute approximate surface area is 147 Å². The molecular weight excluding hydrogens is 296 g/mol. The van der Waals surface area contributed by atoms with Gasteiger partial charge in [0, 0.05) is 23.9 Å². The number of fused-ring (bicyclic) bond motifs is 1. The first-order valence-corrected chi connectivity index (χ1v) is 9.37. The monoisotopic (exact) mass is 328 g/mol. The Morgan fingerprint density at radius 1 is 1.08 bits per heavy atom. The molecule has 0 heterocycles. The molecule has 1 aromatic carbocycles. The quantitative estimate of drug-likeness (QED) is 0.727. The van der Waals surface area contributed by atoms with Crippen LogP contribution in [-0.4, -0.2) is 19.5 Å². The van der Waals surface area contributed by atoms with Crippen LogP contribution in [0.5, 0.6) is 0 Å². The Bertz CT molecular complexity index is 643. The summed E-state index contributed by atoms with van der Waals surface area (Å²) in [4.78, 5) is 11.6. The number of rotatable bonds is 5. The molecule has 1 fully saturated rings. The van der Waals surface area contributed by atoms with Gasteiger partial charge >= 0.3 is 0 Å². The zero-order valence-electron chi connectivity index (χ0n) is 16.1. The number of carbonyl (C=O) groups excluding carboxylic acids is 1. The van der Waals surface area contributed by atoms with E-state index in [-0.39, 0.29) is 22.2 Å². The van der Waals surface area contributed by atoms with Gasteiger partial charge < -0.3 is 9.53 Å². The van der Waals surface area contributed by atoms with Gasteiger partial charge in [-0.05, 0) is 47.3 Å². The molecule has 24 heavy (non-hydrogen) atoms. The molecule has 0 aromatic heterocycles. The van der Waals surface area contributed by atoms with E-state index in [2.05, 4.69) is 52.8 Å². The molecule has 2 nitrogen and oxygen atoms in total. The SMILES string of the molecule is CCOC[C@@H]1[C@@H](C=O)[C@@]1(C)c1ccc2c(c1)C(C)(C)CCC2(C)C. The summed E-state index contributed by atoms with van der Waals surface area (Å²) in [5.41, 5.74) is 4.65. The Hall–Kier alpha value is -1.15. The molecular formula is C22H32O2. The highest BCUT2D eigenvalue weighted by Crippen LogP contribution is 2.59. The minimum absolute atomic E-state index is 0.0659. The fourth-order valence-electron chi connectivity index (χ4n) is 4.73. The smallest absolute Gasteiger partial charge is 0.124 e. The molecule has 2 aliphatic rings. The third-order valence-corrected chi connectivity index (χ3v) is 6.91. The summed E-state index contributed by atoms with van der Waals surface area (Å²) in [7, 11) is 0. The third kappa shape index (κ3) is 2.54. The first-order valence-electron chi connectivity index (χ1n) is 9.37. The van der Waals surface area contributed by atoms with Gasteiger partial charge in [-0.15, -0.1) is 0 Å². The van der Waals surface area contributed by atoms with Crippen LogP contribution in [0.4, 0.5) is 0 Å². The Balaban J connectivity index is 2.01. The van der Waals surface area contributed by atoms with Crippen LogP contribution in [0.2, 0.25) is 0 Å². The van der Waals surface area contributed by atoms with E-state index < -0.39 is 0 Å². The zero-order valence-corrected chi connectivity index (χ0v) is 16.1. The second-order valence-electron chi connectivity index (χ2n) is 9.24. The zero-order chi connectivity index (χ0) is 17.8.